The number of halogens is 4. The first-order valence-corrected chi connectivity index (χ1v) is 7.03. The highest BCUT2D eigenvalue weighted by molar-refractivity contribution is 5.95. The zero-order valence-electron chi connectivity index (χ0n) is 12.3. The smallest absolute Gasteiger partial charge is 0.428 e. The second kappa shape index (κ2) is 6.59. The Bertz CT molecular complexity index is 585. The van der Waals surface area contributed by atoms with Gasteiger partial charge >= 0.3 is 6.18 Å². The second-order valence-corrected chi connectivity index (χ2v) is 5.47. The van der Waals surface area contributed by atoms with Crippen molar-refractivity contribution in [2.75, 3.05) is 13.1 Å². The number of nitrogens with zero attached hydrogens (tertiary/aromatic N) is 1. The molecule has 2 atom stereocenters. The summed E-state index contributed by atoms with van der Waals surface area (Å²) in [7, 11) is 0. The molecule has 1 aliphatic rings. The summed E-state index contributed by atoms with van der Waals surface area (Å²) < 4.78 is 54.9. The van der Waals surface area contributed by atoms with Gasteiger partial charge in [0.1, 0.15) is 6.26 Å². The maximum Gasteiger partial charge on any atom is 0.428 e. The van der Waals surface area contributed by atoms with Crippen molar-refractivity contribution in [3.8, 4) is 0 Å². The van der Waals surface area contributed by atoms with Crippen molar-refractivity contribution in [1.82, 2.24) is 10.2 Å². The standard InChI is InChI=1S/C14H16F4N2O3/c1-8-6-23-7-10(8)12(21)19-9-3-2-4-20(5-9)13(22)11(15)14(16,17)18/h6-7,9,11H,2-5H2,1H3,(H,19,21). The fourth-order valence-electron chi connectivity index (χ4n) is 2.45. The van der Waals surface area contributed by atoms with Crippen molar-refractivity contribution in [3.63, 3.8) is 0 Å². The largest absolute Gasteiger partial charge is 0.471 e. The van der Waals surface area contributed by atoms with E-state index in [0.29, 0.717) is 24.0 Å². The van der Waals surface area contributed by atoms with Gasteiger partial charge in [0, 0.05) is 19.1 Å². The zero-order chi connectivity index (χ0) is 17.2. The van der Waals surface area contributed by atoms with Crippen molar-refractivity contribution >= 4 is 11.8 Å². The number of nitrogens with one attached hydrogen (secondary N) is 1. The molecule has 1 aromatic rings. The van der Waals surface area contributed by atoms with E-state index >= 15 is 0 Å². The average Bonchev–Trinajstić information content (AvgIpc) is 2.91. The van der Waals surface area contributed by atoms with Crippen LogP contribution in [0.2, 0.25) is 0 Å². The number of aryl methyl sites for hydroxylation is 1. The molecule has 9 heteroatoms. The van der Waals surface area contributed by atoms with E-state index in [1.54, 1.807) is 6.92 Å². The number of hydrogen-bond donors (Lipinski definition) is 1. The molecule has 1 fully saturated rings. The third-order valence-electron chi connectivity index (χ3n) is 3.67. The average molecular weight is 336 g/mol. The first kappa shape index (κ1) is 17.3. The van der Waals surface area contributed by atoms with Crippen molar-refractivity contribution in [2.45, 2.75) is 38.2 Å². The van der Waals surface area contributed by atoms with Gasteiger partial charge in [-0.25, -0.2) is 4.39 Å². The van der Waals surface area contributed by atoms with Crippen LogP contribution >= 0.6 is 0 Å². The molecule has 1 aliphatic heterocycles. The summed E-state index contributed by atoms with van der Waals surface area (Å²) in [5.41, 5.74) is 0.930. The molecular formula is C14H16F4N2O3. The van der Waals surface area contributed by atoms with E-state index in [-0.39, 0.29) is 13.1 Å². The minimum absolute atomic E-state index is 0.0342. The Kier molecular flexibility index (Phi) is 4.96. The maximum atomic E-state index is 13.1. The Hall–Kier alpha value is -2.06. The summed E-state index contributed by atoms with van der Waals surface area (Å²) in [6, 6.07) is -0.532. The Balaban J connectivity index is 1.97. The number of rotatable bonds is 3. The Morgan fingerprint density at radius 1 is 1.39 bits per heavy atom. The molecule has 2 rings (SSSR count). The summed E-state index contributed by atoms with van der Waals surface area (Å²) in [5.74, 6) is -2.06. The van der Waals surface area contributed by atoms with Crippen molar-refractivity contribution in [2.24, 2.45) is 0 Å². The molecule has 0 saturated carbocycles. The van der Waals surface area contributed by atoms with E-state index < -0.39 is 30.2 Å². The molecule has 0 aromatic carbocycles. The summed E-state index contributed by atoms with van der Waals surface area (Å²) in [6.07, 6.45) is -5.23. The molecule has 0 spiro atoms. The quantitative estimate of drug-likeness (QED) is 0.861. The monoisotopic (exact) mass is 336 g/mol. The van der Waals surface area contributed by atoms with Gasteiger partial charge in [0.15, 0.2) is 0 Å². The van der Waals surface area contributed by atoms with Gasteiger partial charge in [0.25, 0.3) is 18.0 Å². The van der Waals surface area contributed by atoms with E-state index in [0.717, 1.165) is 4.90 Å². The van der Waals surface area contributed by atoms with Crippen LogP contribution in [0.1, 0.15) is 28.8 Å². The van der Waals surface area contributed by atoms with Gasteiger partial charge in [-0.1, -0.05) is 0 Å². The lowest BCUT2D eigenvalue weighted by atomic mass is 10.0. The van der Waals surface area contributed by atoms with Crippen molar-refractivity contribution in [3.05, 3.63) is 23.7 Å². The van der Waals surface area contributed by atoms with Crippen molar-refractivity contribution in [1.29, 1.82) is 0 Å². The Labute approximate surface area is 129 Å². The molecule has 1 aromatic heterocycles. The topological polar surface area (TPSA) is 62.6 Å². The van der Waals surface area contributed by atoms with Crippen LogP contribution in [0.3, 0.4) is 0 Å². The first-order valence-electron chi connectivity index (χ1n) is 7.03. The molecule has 2 heterocycles. The second-order valence-electron chi connectivity index (χ2n) is 5.47. The highest BCUT2D eigenvalue weighted by Gasteiger charge is 2.47. The van der Waals surface area contributed by atoms with Crippen LogP contribution in [0.25, 0.3) is 0 Å². The molecule has 1 saturated heterocycles. The minimum atomic E-state index is -5.22. The Morgan fingerprint density at radius 2 is 2.09 bits per heavy atom. The van der Waals surface area contributed by atoms with Crippen molar-refractivity contribution < 1.29 is 31.6 Å². The predicted octanol–water partition coefficient (Wildman–Crippen LogP) is 2.21. The van der Waals surface area contributed by atoms with Gasteiger partial charge in [-0.2, -0.15) is 13.2 Å². The van der Waals surface area contributed by atoms with Crippen LogP contribution in [0.4, 0.5) is 17.6 Å². The van der Waals surface area contributed by atoms with Gasteiger partial charge in [-0.05, 0) is 25.3 Å². The SMILES string of the molecule is Cc1cocc1C(=O)NC1CCCN(C(=O)C(F)C(F)(F)F)C1. The van der Waals surface area contributed by atoms with Crippen LogP contribution in [-0.4, -0.2) is 48.2 Å². The highest BCUT2D eigenvalue weighted by atomic mass is 19.4. The fourth-order valence-corrected chi connectivity index (χ4v) is 2.45. The first-order chi connectivity index (χ1) is 10.7. The molecule has 5 nitrogen and oxygen atoms in total. The summed E-state index contributed by atoms with van der Waals surface area (Å²) in [4.78, 5) is 24.4. The molecule has 1 N–H and O–H groups in total. The van der Waals surface area contributed by atoms with Gasteiger partial charge in [0.05, 0.1) is 11.8 Å². The number of piperidine rings is 1. The zero-order valence-corrected chi connectivity index (χ0v) is 12.3. The molecule has 128 valence electrons. The van der Waals surface area contributed by atoms with E-state index in [4.69, 9.17) is 4.42 Å². The number of furan rings is 1. The van der Waals surface area contributed by atoms with E-state index in [1.807, 2.05) is 0 Å². The third-order valence-corrected chi connectivity index (χ3v) is 3.67. The molecule has 0 aliphatic carbocycles. The number of carbonyl (C=O) groups is 2. The van der Waals surface area contributed by atoms with Gasteiger partial charge in [-0.15, -0.1) is 0 Å². The van der Waals surface area contributed by atoms with Crippen LogP contribution in [0.5, 0.6) is 0 Å². The Morgan fingerprint density at radius 3 is 2.65 bits per heavy atom. The lowest BCUT2D eigenvalue weighted by molar-refractivity contribution is -0.193. The van der Waals surface area contributed by atoms with Gasteiger partial charge in [0.2, 0.25) is 0 Å². The number of alkyl halides is 4. The van der Waals surface area contributed by atoms with Crippen LogP contribution in [0, 0.1) is 6.92 Å². The van der Waals surface area contributed by atoms with Crippen LogP contribution in [-0.2, 0) is 4.79 Å². The molecule has 0 radical (unpaired) electrons. The summed E-state index contributed by atoms with van der Waals surface area (Å²) >= 11 is 0. The number of likely N-dealkylation sites (tertiary alicyclic amines) is 1. The normalized spacial score (nSPS) is 20.2. The van der Waals surface area contributed by atoms with Gasteiger partial charge < -0.3 is 14.6 Å². The van der Waals surface area contributed by atoms with Gasteiger partial charge in [-0.3, -0.25) is 9.59 Å². The summed E-state index contributed by atoms with van der Waals surface area (Å²) in [6.45, 7) is 1.55. The van der Waals surface area contributed by atoms with E-state index in [1.165, 1.54) is 12.5 Å². The predicted molar refractivity (Wildman–Crippen MR) is 71.5 cm³/mol. The van der Waals surface area contributed by atoms with E-state index in [9.17, 15) is 27.2 Å². The lowest BCUT2D eigenvalue weighted by Crippen LogP contribution is -2.53. The summed E-state index contributed by atoms with van der Waals surface area (Å²) in [5, 5.41) is 2.63. The number of amides is 2. The molecule has 2 amide bonds. The van der Waals surface area contributed by atoms with E-state index in [2.05, 4.69) is 5.32 Å². The number of carbonyl (C=O) groups excluding carboxylic acids is 2. The van der Waals surface area contributed by atoms with Crippen LogP contribution in [0.15, 0.2) is 16.9 Å². The number of hydrogen-bond acceptors (Lipinski definition) is 3. The molecule has 0 bridgehead atoms. The molecular weight excluding hydrogens is 320 g/mol. The highest BCUT2D eigenvalue weighted by Crippen LogP contribution is 2.25. The minimum Gasteiger partial charge on any atom is -0.471 e. The lowest BCUT2D eigenvalue weighted by Gasteiger charge is -2.34. The maximum absolute atomic E-state index is 13.1. The van der Waals surface area contributed by atoms with Crippen LogP contribution < -0.4 is 5.32 Å². The third kappa shape index (κ3) is 4.02. The molecule has 2 unspecified atom stereocenters. The molecule has 23 heavy (non-hydrogen) atoms. The fraction of sp³-hybridized carbons (Fsp3) is 0.571.